The highest BCUT2D eigenvalue weighted by Crippen LogP contribution is 2.28. The number of hydrogen-bond acceptors (Lipinski definition) is 6. The van der Waals surface area contributed by atoms with E-state index in [2.05, 4.69) is 4.98 Å². The number of hydrogen-bond donors (Lipinski definition) is 3. The van der Waals surface area contributed by atoms with Gasteiger partial charge in [-0.05, 0) is 6.07 Å². The normalized spacial score (nSPS) is 18.7. The Kier molecular flexibility index (Phi) is 4.90. The molecular formula is C19H13F4N3O5. The Morgan fingerprint density at radius 3 is 2.13 bits per heavy atom. The summed E-state index contributed by atoms with van der Waals surface area (Å²) in [5.41, 5.74) is -3.51. The van der Waals surface area contributed by atoms with Crippen molar-refractivity contribution >= 4 is 22.8 Å². The van der Waals surface area contributed by atoms with Crippen molar-refractivity contribution in [3.05, 3.63) is 63.5 Å². The molecule has 3 N–H and O–H groups in total. The van der Waals surface area contributed by atoms with E-state index in [0.29, 0.717) is 29.0 Å². The number of pyridine rings is 2. The number of rotatable bonds is 3. The number of β-amino-alcohol motifs (C(OH)–C–C–N with tert-alkyl or cyclic N) is 2. The minimum atomic E-state index is -1.74. The van der Waals surface area contributed by atoms with E-state index in [0.717, 1.165) is 4.90 Å². The first-order valence-electron chi connectivity index (χ1n) is 8.83. The molecule has 3 aromatic rings. The maximum atomic E-state index is 14.7. The molecule has 1 fully saturated rings. The van der Waals surface area contributed by atoms with Crippen molar-refractivity contribution in [1.82, 2.24) is 9.55 Å². The summed E-state index contributed by atoms with van der Waals surface area (Å²) in [6, 6.07) is 1.35. The number of carbonyl (C=O) groups is 1. The van der Waals surface area contributed by atoms with Crippen molar-refractivity contribution in [1.29, 1.82) is 0 Å². The standard InChI is InChI=1S/C19H13F4N3O5/c20-7-1-10(21)15(11(22)2-7)26-4-9(19(30)31)16(29)8-3-12(23)18(24-17(8)26)25-5-13(27)14(28)6-25/h1-4,13-14,27-28H,5-6H2,(H,30,31)/t13-,14-/m0/s1. The number of halogens is 4. The number of aromatic nitrogens is 2. The maximum Gasteiger partial charge on any atom is 0.341 e. The monoisotopic (exact) mass is 439 g/mol. The average molecular weight is 439 g/mol. The number of aromatic carboxylic acids is 1. The molecule has 0 radical (unpaired) electrons. The number of aliphatic hydroxyl groups excluding tert-OH is 2. The van der Waals surface area contributed by atoms with Crippen LogP contribution in [0.4, 0.5) is 23.4 Å². The van der Waals surface area contributed by atoms with E-state index < -0.39 is 75.0 Å². The van der Waals surface area contributed by atoms with Crippen molar-refractivity contribution in [3.63, 3.8) is 0 Å². The van der Waals surface area contributed by atoms with E-state index >= 15 is 0 Å². The van der Waals surface area contributed by atoms with E-state index in [1.165, 1.54) is 0 Å². The first kappa shape index (κ1) is 20.8. The molecule has 1 saturated heterocycles. The van der Waals surface area contributed by atoms with Crippen molar-refractivity contribution in [3.8, 4) is 5.69 Å². The zero-order valence-electron chi connectivity index (χ0n) is 15.4. The van der Waals surface area contributed by atoms with Crippen LogP contribution in [0.3, 0.4) is 0 Å². The van der Waals surface area contributed by atoms with Gasteiger partial charge < -0.3 is 20.2 Å². The van der Waals surface area contributed by atoms with Gasteiger partial charge in [-0.3, -0.25) is 9.36 Å². The van der Waals surface area contributed by atoms with Crippen LogP contribution in [0, 0.1) is 23.3 Å². The van der Waals surface area contributed by atoms with Crippen LogP contribution in [0.25, 0.3) is 16.7 Å². The zero-order chi connectivity index (χ0) is 22.6. The lowest BCUT2D eigenvalue weighted by Crippen LogP contribution is -2.25. The van der Waals surface area contributed by atoms with E-state index in [-0.39, 0.29) is 13.1 Å². The molecule has 1 aliphatic rings. The number of carboxylic acids is 1. The lowest BCUT2D eigenvalue weighted by atomic mass is 10.1. The van der Waals surface area contributed by atoms with Gasteiger partial charge in [-0.1, -0.05) is 0 Å². The second-order valence-electron chi connectivity index (χ2n) is 6.97. The first-order chi connectivity index (χ1) is 14.6. The quantitative estimate of drug-likeness (QED) is 0.525. The lowest BCUT2D eigenvalue weighted by Gasteiger charge is -2.19. The maximum absolute atomic E-state index is 14.7. The highest BCUT2D eigenvalue weighted by atomic mass is 19.1. The Hall–Kier alpha value is -3.51. The molecular weight excluding hydrogens is 426 g/mol. The van der Waals surface area contributed by atoms with Gasteiger partial charge in [0.15, 0.2) is 28.9 Å². The fraction of sp³-hybridized carbons (Fsp3) is 0.211. The summed E-state index contributed by atoms with van der Waals surface area (Å²) < 4.78 is 57.5. The highest BCUT2D eigenvalue weighted by molar-refractivity contribution is 5.92. The average Bonchev–Trinajstić information content (AvgIpc) is 3.00. The number of nitrogens with zero attached hydrogens (tertiary/aromatic N) is 3. The minimum absolute atomic E-state index is 0.215. The molecule has 31 heavy (non-hydrogen) atoms. The molecule has 162 valence electrons. The van der Waals surface area contributed by atoms with Crippen LogP contribution in [-0.2, 0) is 0 Å². The predicted octanol–water partition coefficient (Wildman–Crippen LogP) is 1.18. The van der Waals surface area contributed by atoms with Crippen molar-refractivity contribution in [2.45, 2.75) is 12.2 Å². The minimum Gasteiger partial charge on any atom is -0.477 e. The second-order valence-corrected chi connectivity index (χ2v) is 6.97. The van der Waals surface area contributed by atoms with E-state index in [4.69, 9.17) is 0 Å². The van der Waals surface area contributed by atoms with Crippen LogP contribution in [0.15, 0.2) is 29.2 Å². The molecule has 12 heteroatoms. The Morgan fingerprint density at radius 1 is 1.00 bits per heavy atom. The van der Waals surface area contributed by atoms with Gasteiger partial charge in [-0.15, -0.1) is 0 Å². The summed E-state index contributed by atoms with van der Waals surface area (Å²) >= 11 is 0. The van der Waals surface area contributed by atoms with Crippen molar-refractivity contribution < 1.29 is 37.7 Å². The molecule has 2 aromatic heterocycles. The SMILES string of the molecule is O=C(O)c1cn(-c2c(F)cc(F)cc2F)c2nc(N3C[C@H](O)[C@@H](O)C3)c(F)cc2c1=O. The molecule has 0 bridgehead atoms. The fourth-order valence-corrected chi connectivity index (χ4v) is 3.47. The van der Waals surface area contributed by atoms with Gasteiger partial charge in [-0.25, -0.2) is 27.3 Å². The molecule has 4 rings (SSSR count). The van der Waals surface area contributed by atoms with Crippen LogP contribution >= 0.6 is 0 Å². The summed E-state index contributed by atoms with van der Waals surface area (Å²) in [6.07, 6.45) is -1.81. The van der Waals surface area contributed by atoms with E-state index in [1.807, 2.05) is 0 Å². The Labute approximate surface area is 170 Å². The molecule has 1 aromatic carbocycles. The van der Waals surface area contributed by atoms with Gasteiger partial charge >= 0.3 is 5.97 Å². The largest absolute Gasteiger partial charge is 0.477 e. The summed E-state index contributed by atoms with van der Waals surface area (Å²) in [5.74, 6) is -7.33. The number of benzene rings is 1. The molecule has 0 unspecified atom stereocenters. The number of aliphatic hydroxyl groups is 2. The summed E-state index contributed by atoms with van der Waals surface area (Å²) in [7, 11) is 0. The fourth-order valence-electron chi connectivity index (χ4n) is 3.47. The van der Waals surface area contributed by atoms with Gasteiger partial charge in [0.1, 0.15) is 17.1 Å². The van der Waals surface area contributed by atoms with Crippen LogP contribution in [0.5, 0.6) is 0 Å². The molecule has 0 saturated carbocycles. The molecule has 2 atom stereocenters. The topological polar surface area (TPSA) is 116 Å². The third-order valence-electron chi connectivity index (χ3n) is 4.92. The Balaban J connectivity index is 2.07. The predicted molar refractivity (Wildman–Crippen MR) is 98.4 cm³/mol. The Morgan fingerprint density at radius 2 is 1.58 bits per heavy atom. The number of carboxylic acid groups (broad SMARTS) is 1. The van der Waals surface area contributed by atoms with Crippen molar-refractivity contribution in [2.24, 2.45) is 0 Å². The Bertz CT molecular complexity index is 1260. The van der Waals surface area contributed by atoms with Gasteiger partial charge in [0.25, 0.3) is 0 Å². The molecule has 0 aliphatic carbocycles. The number of fused-ring (bicyclic) bond motifs is 1. The molecule has 8 nitrogen and oxygen atoms in total. The van der Waals surface area contributed by atoms with Crippen molar-refractivity contribution in [2.75, 3.05) is 18.0 Å². The first-order valence-corrected chi connectivity index (χ1v) is 8.83. The van der Waals surface area contributed by atoms with E-state index in [1.54, 1.807) is 0 Å². The van der Waals surface area contributed by atoms with Gasteiger partial charge in [0.05, 0.1) is 17.6 Å². The molecule has 1 aliphatic heterocycles. The third-order valence-corrected chi connectivity index (χ3v) is 4.92. The van der Waals surface area contributed by atoms with Gasteiger partial charge in [-0.2, -0.15) is 0 Å². The van der Waals surface area contributed by atoms with Gasteiger partial charge in [0, 0.05) is 31.4 Å². The van der Waals surface area contributed by atoms with Crippen LogP contribution in [0.1, 0.15) is 10.4 Å². The zero-order valence-corrected chi connectivity index (χ0v) is 15.4. The van der Waals surface area contributed by atoms with E-state index in [9.17, 15) is 42.5 Å². The summed E-state index contributed by atoms with van der Waals surface area (Å²) in [6.45, 7) is -0.430. The van der Waals surface area contributed by atoms with Gasteiger partial charge in [0.2, 0.25) is 5.43 Å². The van der Waals surface area contributed by atoms with Crippen LogP contribution < -0.4 is 10.3 Å². The molecule has 3 heterocycles. The molecule has 0 amide bonds. The lowest BCUT2D eigenvalue weighted by molar-refractivity contribution is 0.0572. The van der Waals surface area contributed by atoms with Crippen LogP contribution in [0.2, 0.25) is 0 Å². The molecule has 0 spiro atoms. The summed E-state index contributed by atoms with van der Waals surface area (Å²) in [5, 5.41) is 28.1. The highest BCUT2D eigenvalue weighted by Gasteiger charge is 2.33. The number of anilines is 1. The van der Waals surface area contributed by atoms with Crippen LogP contribution in [-0.4, -0.2) is 56.1 Å². The second kappa shape index (κ2) is 7.32. The smallest absolute Gasteiger partial charge is 0.341 e. The third kappa shape index (κ3) is 3.39. The summed E-state index contributed by atoms with van der Waals surface area (Å²) in [4.78, 5) is 29.1.